The Morgan fingerprint density at radius 1 is 1.44 bits per heavy atom. The maximum atomic E-state index is 11.1. The van der Waals surface area contributed by atoms with Crippen molar-refractivity contribution in [1.82, 2.24) is 5.32 Å². The number of piperidine rings is 1. The second kappa shape index (κ2) is 6.55. The Labute approximate surface area is 109 Å². The first-order valence-electron chi connectivity index (χ1n) is 6.85. The third kappa shape index (κ3) is 3.84. The van der Waals surface area contributed by atoms with Crippen LogP contribution in [-0.4, -0.2) is 19.0 Å². The van der Waals surface area contributed by atoms with Gasteiger partial charge in [0.1, 0.15) is 0 Å². The van der Waals surface area contributed by atoms with Gasteiger partial charge < -0.3 is 11.1 Å². The van der Waals surface area contributed by atoms with Crippen LogP contribution in [0.15, 0.2) is 24.3 Å². The van der Waals surface area contributed by atoms with Crippen molar-refractivity contribution in [2.75, 3.05) is 13.1 Å². The number of amides is 1. The minimum atomic E-state index is -0.340. The van der Waals surface area contributed by atoms with Crippen molar-refractivity contribution in [3.05, 3.63) is 35.4 Å². The van der Waals surface area contributed by atoms with Crippen molar-refractivity contribution < 1.29 is 4.79 Å². The molecule has 1 atom stereocenters. The SMILES string of the molecule is NC(=O)c1cccc(CCC[C@@H]2CCCNC2)c1. The van der Waals surface area contributed by atoms with Crippen molar-refractivity contribution >= 4 is 5.91 Å². The minimum absolute atomic E-state index is 0.340. The number of carbonyl (C=O) groups excluding carboxylic acids is 1. The number of hydrogen-bond donors (Lipinski definition) is 2. The highest BCUT2D eigenvalue weighted by Gasteiger charge is 2.12. The Morgan fingerprint density at radius 2 is 2.33 bits per heavy atom. The van der Waals surface area contributed by atoms with Gasteiger partial charge in [0.05, 0.1) is 0 Å². The molecular weight excluding hydrogens is 224 g/mol. The zero-order chi connectivity index (χ0) is 12.8. The molecule has 3 heteroatoms. The van der Waals surface area contributed by atoms with Crippen LogP contribution < -0.4 is 11.1 Å². The number of rotatable bonds is 5. The first-order valence-corrected chi connectivity index (χ1v) is 6.85. The lowest BCUT2D eigenvalue weighted by Crippen LogP contribution is -2.29. The normalized spacial score (nSPS) is 19.7. The average molecular weight is 246 g/mol. The van der Waals surface area contributed by atoms with E-state index in [1.54, 1.807) is 6.07 Å². The van der Waals surface area contributed by atoms with Gasteiger partial charge in [0, 0.05) is 5.56 Å². The monoisotopic (exact) mass is 246 g/mol. The summed E-state index contributed by atoms with van der Waals surface area (Å²) >= 11 is 0. The molecular formula is C15H22N2O. The summed E-state index contributed by atoms with van der Waals surface area (Å²) in [5.41, 5.74) is 7.12. The van der Waals surface area contributed by atoms with Crippen molar-refractivity contribution in [2.45, 2.75) is 32.1 Å². The number of carbonyl (C=O) groups is 1. The molecule has 1 aliphatic rings. The lowest BCUT2D eigenvalue weighted by atomic mass is 9.93. The summed E-state index contributed by atoms with van der Waals surface area (Å²) in [7, 11) is 0. The van der Waals surface area contributed by atoms with Gasteiger partial charge in [-0.2, -0.15) is 0 Å². The highest BCUT2D eigenvalue weighted by Crippen LogP contribution is 2.18. The fourth-order valence-corrected chi connectivity index (χ4v) is 2.65. The molecule has 0 aromatic heterocycles. The molecule has 0 spiro atoms. The quantitative estimate of drug-likeness (QED) is 0.836. The summed E-state index contributed by atoms with van der Waals surface area (Å²) in [4.78, 5) is 11.1. The second-order valence-electron chi connectivity index (χ2n) is 5.17. The average Bonchev–Trinajstić information content (AvgIpc) is 2.40. The standard InChI is InChI=1S/C15H22N2O/c16-15(18)14-8-2-5-12(10-14)4-1-6-13-7-3-9-17-11-13/h2,5,8,10,13,17H,1,3-4,6-7,9,11H2,(H2,16,18)/t13-/m1/s1. The van der Waals surface area contributed by atoms with E-state index >= 15 is 0 Å². The van der Waals surface area contributed by atoms with E-state index in [4.69, 9.17) is 5.73 Å². The Balaban J connectivity index is 1.78. The molecule has 2 rings (SSSR count). The van der Waals surface area contributed by atoms with Gasteiger partial charge in [-0.05, 0) is 68.8 Å². The van der Waals surface area contributed by atoms with E-state index in [-0.39, 0.29) is 5.91 Å². The number of aryl methyl sites for hydroxylation is 1. The van der Waals surface area contributed by atoms with Crippen molar-refractivity contribution in [3.8, 4) is 0 Å². The Bertz CT molecular complexity index is 397. The van der Waals surface area contributed by atoms with Crippen LogP contribution in [0.3, 0.4) is 0 Å². The van der Waals surface area contributed by atoms with E-state index < -0.39 is 0 Å². The largest absolute Gasteiger partial charge is 0.366 e. The summed E-state index contributed by atoms with van der Waals surface area (Å²) in [6, 6.07) is 7.68. The summed E-state index contributed by atoms with van der Waals surface area (Å²) in [5.74, 6) is 0.492. The van der Waals surface area contributed by atoms with Gasteiger partial charge >= 0.3 is 0 Å². The zero-order valence-electron chi connectivity index (χ0n) is 10.8. The van der Waals surface area contributed by atoms with Crippen molar-refractivity contribution in [2.24, 2.45) is 11.7 Å². The van der Waals surface area contributed by atoms with Crippen LogP contribution in [0.25, 0.3) is 0 Å². The van der Waals surface area contributed by atoms with Gasteiger partial charge in [-0.3, -0.25) is 4.79 Å². The van der Waals surface area contributed by atoms with Crippen LogP contribution in [0.4, 0.5) is 0 Å². The number of nitrogens with one attached hydrogen (secondary N) is 1. The lowest BCUT2D eigenvalue weighted by molar-refractivity contribution is 0.1000. The van der Waals surface area contributed by atoms with E-state index in [0.29, 0.717) is 5.56 Å². The van der Waals surface area contributed by atoms with Crippen molar-refractivity contribution in [3.63, 3.8) is 0 Å². The third-order valence-corrected chi connectivity index (χ3v) is 3.69. The van der Waals surface area contributed by atoms with Gasteiger partial charge in [-0.25, -0.2) is 0 Å². The minimum Gasteiger partial charge on any atom is -0.366 e. The van der Waals surface area contributed by atoms with E-state index in [9.17, 15) is 4.79 Å². The maximum absolute atomic E-state index is 11.1. The van der Waals surface area contributed by atoms with Gasteiger partial charge in [0.2, 0.25) is 5.91 Å². The Hall–Kier alpha value is -1.35. The van der Waals surface area contributed by atoms with Gasteiger partial charge in [0.15, 0.2) is 0 Å². The van der Waals surface area contributed by atoms with Gasteiger partial charge in [-0.15, -0.1) is 0 Å². The fourth-order valence-electron chi connectivity index (χ4n) is 2.65. The molecule has 0 radical (unpaired) electrons. The van der Waals surface area contributed by atoms with Crippen LogP contribution in [0, 0.1) is 5.92 Å². The van der Waals surface area contributed by atoms with Crippen LogP contribution in [-0.2, 0) is 6.42 Å². The molecule has 1 aliphatic heterocycles. The molecule has 18 heavy (non-hydrogen) atoms. The van der Waals surface area contributed by atoms with E-state index in [2.05, 4.69) is 11.4 Å². The molecule has 0 aliphatic carbocycles. The number of primary amides is 1. The first-order chi connectivity index (χ1) is 8.75. The molecule has 0 bridgehead atoms. The molecule has 1 aromatic carbocycles. The topological polar surface area (TPSA) is 55.1 Å². The Morgan fingerprint density at radius 3 is 3.06 bits per heavy atom. The van der Waals surface area contributed by atoms with E-state index in [1.165, 1.54) is 44.3 Å². The number of nitrogens with two attached hydrogens (primary N) is 1. The molecule has 0 unspecified atom stereocenters. The predicted molar refractivity (Wildman–Crippen MR) is 73.5 cm³/mol. The van der Waals surface area contributed by atoms with Crippen LogP contribution in [0.5, 0.6) is 0 Å². The number of hydrogen-bond acceptors (Lipinski definition) is 2. The summed E-state index contributed by atoms with van der Waals surface area (Å²) in [6.45, 7) is 2.35. The fraction of sp³-hybridized carbons (Fsp3) is 0.533. The number of benzene rings is 1. The molecule has 98 valence electrons. The van der Waals surface area contributed by atoms with Gasteiger partial charge in [0.25, 0.3) is 0 Å². The maximum Gasteiger partial charge on any atom is 0.248 e. The van der Waals surface area contributed by atoms with Crippen LogP contribution in [0.2, 0.25) is 0 Å². The smallest absolute Gasteiger partial charge is 0.248 e. The molecule has 1 heterocycles. The highest BCUT2D eigenvalue weighted by molar-refractivity contribution is 5.92. The van der Waals surface area contributed by atoms with Crippen molar-refractivity contribution in [1.29, 1.82) is 0 Å². The predicted octanol–water partition coefficient (Wildman–Crippen LogP) is 2.11. The van der Waals surface area contributed by atoms with E-state index in [0.717, 1.165) is 12.3 Å². The van der Waals surface area contributed by atoms with Gasteiger partial charge in [-0.1, -0.05) is 12.1 Å². The molecule has 1 saturated heterocycles. The zero-order valence-corrected chi connectivity index (χ0v) is 10.8. The molecule has 0 saturated carbocycles. The second-order valence-corrected chi connectivity index (χ2v) is 5.17. The molecule has 3 N–H and O–H groups in total. The first kappa shape index (κ1) is 13.1. The van der Waals surface area contributed by atoms with E-state index in [1.807, 2.05) is 12.1 Å². The molecule has 1 amide bonds. The highest BCUT2D eigenvalue weighted by atomic mass is 16.1. The molecule has 1 aromatic rings. The molecule has 1 fully saturated rings. The summed E-state index contributed by atoms with van der Waals surface area (Å²) in [5, 5.41) is 3.45. The summed E-state index contributed by atoms with van der Waals surface area (Å²) < 4.78 is 0. The molecule has 3 nitrogen and oxygen atoms in total. The summed E-state index contributed by atoms with van der Waals surface area (Å²) in [6.07, 6.45) is 6.16. The third-order valence-electron chi connectivity index (χ3n) is 3.69. The lowest BCUT2D eigenvalue weighted by Gasteiger charge is -2.22. The Kier molecular flexibility index (Phi) is 4.76. The van der Waals surface area contributed by atoms with Crippen LogP contribution >= 0.6 is 0 Å². The van der Waals surface area contributed by atoms with Crippen LogP contribution in [0.1, 0.15) is 41.6 Å².